The fraction of sp³-hybridized carbons (Fsp3) is 0.444. The number of rotatable bonds is 5. The van der Waals surface area contributed by atoms with Gasteiger partial charge >= 0.3 is 6.55 Å². The van der Waals surface area contributed by atoms with Crippen molar-refractivity contribution in [2.45, 2.75) is 20.0 Å². The van der Waals surface area contributed by atoms with Crippen molar-refractivity contribution >= 4 is 35.6 Å². The third kappa shape index (κ3) is 5.52. The number of hydrogen-bond donors (Lipinski definition) is 1. The van der Waals surface area contributed by atoms with Crippen molar-refractivity contribution in [2.75, 3.05) is 37.6 Å². The van der Waals surface area contributed by atoms with Crippen molar-refractivity contribution in [1.82, 2.24) is 19.8 Å². The molecule has 10 heteroatoms. The van der Waals surface area contributed by atoms with Gasteiger partial charge in [0.1, 0.15) is 18.2 Å². The fourth-order valence-electron chi connectivity index (χ4n) is 3.04. The molecule has 0 radical (unpaired) electrons. The van der Waals surface area contributed by atoms with Crippen LogP contribution in [0.15, 0.2) is 41.7 Å². The van der Waals surface area contributed by atoms with Crippen LogP contribution in [0.5, 0.6) is 0 Å². The van der Waals surface area contributed by atoms with Gasteiger partial charge in [-0.2, -0.15) is 8.78 Å². The number of anilines is 1. The van der Waals surface area contributed by atoms with Gasteiger partial charge in [0.25, 0.3) is 0 Å². The van der Waals surface area contributed by atoms with Gasteiger partial charge in [-0.3, -0.25) is 4.57 Å². The minimum Gasteiger partial charge on any atom is -0.368 e. The van der Waals surface area contributed by atoms with E-state index in [1.54, 1.807) is 12.1 Å². The lowest BCUT2D eigenvalue weighted by Gasteiger charge is -2.37. The van der Waals surface area contributed by atoms with E-state index in [0.29, 0.717) is 12.5 Å². The van der Waals surface area contributed by atoms with Gasteiger partial charge in [0.05, 0.1) is 0 Å². The minimum atomic E-state index is -2.63. The van der Waals surface area contributed by atoms with Gasteiger partial charge in [-0.1, -0.05) is 0 Å². The van der Waals surface area contributed by atoms with Crippen LogP contribution < -0.4 is 10.2 Å². The van der Waals surface area contributed by atoms with Crippen molar-refractivity contribution in [1.29, 1.82) is 0 Å². The Morgan fingerprint density at radius 1 is 1.18 bits per heavy atom. The number of aliphatic imine (C=N–C) groups is 1. The van der Waals surface area contributed by atoms with Crippen molar-refractivity contribution in [3.8, 4) is 0 Å². The Morgan fingerprint density at radius 2 is 1.86 bits per heavy atom. The summed E-state index contributed by atoms with van der Waals surface area (Å²) in [5.41, 5.74) is 0.983. The van der Waals surface area contributed by atoms with Crippen LogP contribution >= 0.6 is 24.0 Å². The molecule has 0 unspecified atom stereocenters. The molecule has 0 spiro atoms. The molecule has 1 aliphatic heterocycles. The summed E-state index contributed by atoms with van der Waals surface area (Å²) < 4.78 is 39.8. The Labute approximate surface area is 179 Å². The Bertz CT molecular complexity index is 757. The van der Waals surface area contributed by atoms with Crippen LogP contribution in [-0.4, -0.2) is 53.1 Å². The van der Waals surface area contributed by atoms with Crippen molar-refractivity contribution in [3.63, 3.8) is 0 Å². The first kappa shape index (κ1) is 22.3. The first-order valence-corrected chi connectivity index (χ1v) is 8.92. The summed E-state index contributed by atoms with van der Waals surface area (Å²) in [7, 11) is 0. The van der Waals surface area contributed by atoms with Gasteiger partial charge in [0.15, 0.2) is 5.96 Å². The lowest BCUT2D eigenvalue weighted by Crippen LogP contribution is -2.52. The van der Waals surface area contributed by atoms with Gasteiger partial charge in [0, 0.05) is 50.8 Å². The lowest BCUT2D eigenvalue weighted by molar-refractivity contribution is 0.0671. The van der Waals surface area contributed by atoms with E-state index in [-0.39, 0.29) is 42.2 Å². The molecule has 1 saturated heterocycles. The highest BCUT2D eigenvalue weighted by Crippen LogP contribution is 2.17. The van der Waals surface area contributed by atoms with Gasteiger partial charge in [-0.15, -0.1) is 24.0 Å². The van der Waals surface area contributed by atoms with Crippen molar-refractivity contribution in [3.05, 3.63) is 48.3 Å². The van der Waals surface area contributed by atoms with Gasteiger partial charge in [0.2, 0.25) is 0 Å². The van der Waals surface area contributed by atoms with Gasteiger partial charge in [-0.05, 0) is 31.2 Å². The van der Waals surface area contributed by atoms with E-state index in [1.165, 1.54) is 24.5 Å². The number of halogens is 4. The summed E-state index contributed by atoms with van der Waals surface area (Å²) in [5, 5.41) is 3.21. The number of alkyl halides is 2. The van der Waals surface area contributed by atoms with Crippen LogP contribution in [0.2, 0.25) is 0 Å². The smallest absolute Gasteiger partial charge is 0.319 e. The van der Waals surface area contributed by atoms with E-state index in [0.717, 1.165) is 36.4 Å². The number of nitrogens with zero attached hydrogens (tertiary/aromatic N) is 5. The van der Waals surface area contributed by atoms with Crippen LogP contribution in [-0.2, 0) is 6.54 Å². The molecule has 6 nitrogen and oxygen atoms in total. The number of nitrogens with one attached hydrogen (secondary N) is 1. The number of aromatic nitrogens is 2. The molecule has 1 N–H and O–H groups in total. The third-order valence-corrected chi connectivity index (χ3v) is 4.44. The number of imidazole rings is 1. The third-order valence-electron chi connectivity index (χ3n) is 4.44. The maximum absolute atomic E-state index is 13.1. The quantitative estimate of drug-likeness (QED) is 0.383. The van der Waals surface area contributed by atoms with E-state index in [2.05, 4.69) is 25.1 Å². The van der Waals surface area contributed by atoms with Crippen molar-refractivity contribution < 1.29 is 13.2 Å². The Kier molecular flexibility index (Phi) is 8.39. The van der Waals surface area contributed by atoms with E-state index in [4.69, 9.17) is 0 Å². The molecule has 28 heavy (non-hydrogen) atoms. The maximum atomic E-state index is 13.1. The molecular formula is C18H24F3IN6. The fourth-order valence-corrected chi connectivity index (χ4v) is 3.04. The number of benzene rings is 1. The Morgan fingerprint density at radius 3 is 2.46 bits per heavy atom. The predicted octanol–water partition coefficient (Wildman–Crippen LogP) is 3.32. The molecule has 0 saturated carbocycles. The number of hydrogen-bond acceptors (Lipinski definition) is 3. The highest BCUT2D eigenvalue weighted by molar-refractivity contribution is 14.0. The molecule has 1 aromatic carbocycles. The minimum absolute atomic E-state index is 0. The largest absolute Gasteiger partial charge is 0.368 e. The first-order chi connectivity index (χ1) is 13.1. The number of guanidine groups is 1. The van der Waals surface area contributed by atoms with E-state index < -0.39 is 6.55 Å². The monoisotopic (exact) mass is 508 g/mol. The van der Waals surface area contributed by atoms with Crippen molar-refractivity contribution in [2.24, 2.45) is 4.99 Å². The summed E-state index contributed by atoms with van der Waals surface area (Å²) in [6.07, 6.45) is 2.61. The molecule has 1 aliphatic rings. The normalized spacial score (nSPS) is 15.0. The molecule has 3 rings (SSSR count). The van der Waals surface area contributed by atoms with Crippen LogP contribution in [0.25, 0.3) is 0 Å². The van der Waals surface area contributed by atoms with Crippen LogP contribution in [0.3, 0.4) is 0 Å². The molecule has 154 valence electrons. The number of piperazine rings is 1. The summed E-state index contributed by atoms with van der Waals surface area (Å²) in [6.45, 7) is 3.09. The molecular weight excluding hydrogens is 484 g/mol. The van der Waals surface area contributed by atoms with Gasteiger partial charge in [-0.25, -0.2) is 14.4 Å². The lowest BCUT2D eigenvalue weighted by atomic mass is 10.2. The van der Waals surface area contributed by atoms with E-state index >= 15 is 0 Å². The van der Waals surface area contributed by atoms with Crippen LogP contribution in [0.1, 0.15) is 19.3 Å². The second-order valence-electron chi connectivity index (χ2n) is 6.15. The summed E-state index contributed by atoms with van der Waals surface area (Å²) in [6, 6.07) is 6.46. The zero-order valence-electron chi connectivity index (χ0n) is 15.6. The zero-order valence-corrected chi connectivity index (χ0v) is 17.9. The molecule has 0 atom stereocenters. The molecule has 2 heterocycles. The molecule has 1 fully saturated rings. The predicted molar refractivity (Wildman–Crippen MR) is 114 cm³/mol. The standard InChI is InChI=1S/C18H23F3N6.HI/c1-2-22-18(24-13-16-23-7-8-27(16)17(20)21)26-11-9-25(10-12-26)15-5-3-14(19)4-6-15;/h3-8,17H,2,9-13H2,1H3,(H,22,24);1H. The molecule has 2 aromatic rings. The average molecular weight is 508 g/mol. The van der Waals surface area contributed by atoms with Crippen LogP contribution in [0.4, 0.5) is 18.9 Å². The first-order valence-electron chi connectivity index (χ1n) is 8.92. The summed E-state index contributed by atoms with van der Waals surface area (Å²) in [5.74, 6) is 0.659. The second-order valence-corrected chi connectivity index (χ2v) is 6.15. The highest BCUT2D eigenvalue weighted by atomic mass is 127. The average Bonchev–Trinajstić information content (AvgIpc) is 3.15. The van der Waals surface area contributed by atoms with Gasteiger partial charge < -0.3 is 15.1 Å². The zero-order chi connectivity index (χ0) is 19.2. The Balaban J connectivity index is 0.00000280. The topological polar surface area (TPSA) is 48.7 Å². The maximum Gasteiger partial charge on any atom is 0.319 e. The Hall–Kier alpha value is -1.98. The second kappa shape index (κ2) is 10.5. The summed E-state index contributed by atoms with van der Waals surface area (Å²) >= 11 is 0. The molecule has 1 aromatic heterocycles. The molecule has 0 bridgehead atoms. The highest BCUT2D eigenvalue weighted by Gasteiger charge is 2.20. The van der Waals surface area contributed by atoms with Crippen LogP contribution in [0, 0.1) is 5.82 Å². The van der Waals surface area contributed by atoms with E-state index in [9.17, 15) is 13.2 Å². The SMILES string of the molecule is CCNC(=NCc1nccn1C(F)F)N1CCN(c2ccc(F)cc2)CC1.I. The summed E-state index contributed by atoms with van der Waals surface area (Å²) in [4.78, 5) is 12.7. The molecule has 0 aliphatic carbocycles. The van der Waals surface area contributed by atoms with E-state index in [1.807, 2.05) is 6.92 Å². The molecule has 0 amide bonds.